The molecule has 0 radical (unpaired) electrons. The van der Waals surface area contributed by atoms with Gasteiger partial charge < -0.3 is 35.5 Å². The molecule has 2 heterocycles. The summed E-state index contributed by atoms with van der Waals surface area (Å²) in [7, 11) is 0. The quantitative estimate of drug-likeness (QED) is 0.191. The Bertz CT molecular complexity index is 1650. The van der Waals surface area contributed by atoms with Crippen LogP contribution in [0.5, 0.6) is 5.75 Å². The summed E-state index contributed by atoms with van der Waals surface area (Å²) in [6.45, 7) is 4.50. The first-order valence-corrected chi connectivity index (χ1v) is 15.4. The van der Waals surface area contributed by atoms with Gasteiger partial charge in [0.25, 0.3) is 0 Å². The number of hydrogen-bond donors (Lipinski definition) is 4. The second kappa shape index (κ2) is 15.8. The smallest absolute Gasteiger partial charge is 0.305 e. The van der Waals surface area contributed by atoms with E-state index in [1.54, 1.807) is 19.2 Å². The predicted molar refractivity (Wildman–Crippen MR) is 172 cm³/mol. The second-order valence-electron chi connectivity index (χ2n) is 11.6. The number of aliphatic carboxylic acids is 1. The van der Waals surface area contributed by atoms with Crippen LogP contribution in [0.3, 0.4) is 0 Å². The summed E-state index contributed by atoms with van der Waals surface area (Å²) in [6, 6.07) is 13.8. The zero-order chi connectivity index (χ0) is 34.1. The topological polar surface area (TPSA) is 184 Å². The third-order valence-electron chi connectivity index (χ3n) is 8.10. The van der Waals surface area contributed by atoms with Gasteiger partial charge in [-0.15, -0.1) is 0 Å². The van der Waals surface area contributed by atoms with E-state index in [1.165, 1.54) is 11.8 Å². The summed E-state index contributed by atoms with van der Waals surface area (Å²) in [5.41, 5.74) is 2.59. The van der Waals surface area contributed by atoms with Gasteiger partial charge in [-0.05, 0) is 35.7 Å². The highest BCUT2D eigenvalue weighted by atomic mass is 16.5. The van der Waals surface area contributed by atoms with E-state index in [-0.39, 0.29) is 24.8 Å². The van der Waals surface area contributed by atoms with E-state index in [9.17, 15) is 28.8 Å². The van der Waals surface area contributed by atoms with Crippen LogP contribution in [0.2, 0.25) is 0 Å². The molecule has 0 saturated carbocycles. The minimum atomic E-state index is -1.29. The lowest BCUT2D eigenvalue weighted by Crippen LogP contribution is -2.54. The Morgan fingerprint density at radius 3 is 2.53 bits per heavy atom. The molecule has 0 unspecified atom stereocenters. The van der Waals surface area contributed by atoms with Crippen LogP contribution in [0.1, 0.15) is 40.0 Å². The van der Waals surface area contributed by atoms with Crippen molar-refractivity contribution in [2.75, 3.05) is 13.1 Å². The number of aldehydes is 1. The summed E-state index contributed by atoms with van der Waals surface area (Å²) >= 11 is 0. The molecule has 47 heavy (non-hydrogen) atoms. The first-order chi connectivity index (χ1) is 22.5. The van der Waals surface area contributed by atoms with E-state index in [0.717, 1.165) is 22.0 Å². The summed E-state index contributed by atoms with van der Waals surface area (Å²) < 4.78 is 6.24. The number of carboxylic acids is 1. The van der Waals surface area contributed by atoms with Gasteiger partial charge in [-0.1, -0.05) is 50.6 Å². The molecule has 1 aliphatic rings. The Hall–Kier alpha value is -5.33. The number of carboxylic acid groups (broad SMARTS) is 1. The normalized spacial score (nSPS) is 17.6. The van der Waals surface area contributed by atoms with Gasteiger partial charge in [0, 0.05) is 30.5 Å². The summed E-state index contributed by atoms with van der Waals surface area (Å²) in [6.07, 6.45) is 1.48. The molecule has 1 aromatic heterocycles. The van der Waals surface area contributed by atoms with Crippen molar-refractivity contribution < 1.29 is 38.6 Å². The summed E-state index contributed by atoms with van der Waals surface area (Å²) in [5, 5.41) is 17.7. The largest absolute Gasteiger partial charge is 0.488 e. The Balaban J connectivity index is 1.51. The maximum atomic E-state index is 13.4. The van der Waals surface area contributed by atoms with E-state index in [0.29, 0.717) is 18.5 Å². The first kappa shape index (κ1) is 34.5. The van der Waals surface area contributed by atoms with Crippen LogP contribution in [-0.4, -0.2) is 88.2 Å². The van der Waals surface area contributed by atoms with Gasteiger partial charge in [0.1, 0.15) is 30.2 Å². The fourth-order valence-electron chi connectivity index (χ4n) is 5.47. The highest BCUT2D eigenvalue weighted by Crippen LogP contribution is 2.29. The molecule has 1 fully saturated rings. The van der Waals surface area contributed by atoms with Crippen molar-refractivity contribution in [1.29, 1.82) is 0 Å². The zero-order valence-corrected chi connectivity index (χ0v) is 26.5. The molecule has 4 N–H and O–H groups in total. The molecule has 4 amide bonds. The summed E-state index contributed by atoms with van der Waals surface area (Å²) in [4.78, 5) is 79.7. The number of ether oxygens (including phenoxy) is 1. The van der Waals surface area contributed by atoms with Crippen LogP contribution in [0.15, 0.2) is 60.8 Å². The number of carbonyl (C=O) groups is 6. The van der Waals surface area contributed by atoms with Crippen molar-refractivity contribution in [1.82, 2.24) is 25.8 Å². The Morgan fingerprint density at radius 1 is 1.06 bits per heavy atom. The summed E-state index contributed by atoms with van der Waals surface area (Å²) in [5.74, 6) is -3.23. The number of pyridine rings is 1. The van der Waals surface area contributed by atoms with Crippen LogP contribution >= 0.6 is 0 Å². The molecule has 2 aromatic carbocycles. The van der Waals surface area contributed by atoms with Crippen molar-refractivity contribution in [3.8, 4) is 16.9 Å². The highest BCUT2D eigenvalue weighted by Gasteiger charge is 2.41. The van der Waals surface area contributed by atoms with Crippen LogP contribution in [0, 0.1) is 5.92 Å². The van der Waals surface area contributed by atoms with Gasteiger partial charge in [0.15, 0.2) is 0 Å². The number of para-hydroxylation sites is 1. The van der Waals surface area contributed by atoms with Crippen LogP contribution < -0.4 is 20.7 Å². The molecule has 1 aliphatic heterocycles. The molecule has 0 aliphatic carbocycles. The van der Waals surface area contributed by atoms with E-state index < -0.39 is 60.9 Å². The van der Waals surface area contributed by atoms with E-state index in [4.69, 9.17) is 9.84 Å². The zero-order valence-electron chi connectivity index (χ0n) is 26.5. The lowest BCUT2D eigenvalue weighted by molar-refractivity contribution is -0.141. The van der Waals surface area contributed by atoms with Gasteiger partial charge in [0.05, 0.1) is 31.1 Å². The standard InChI is InChI=1S/C34H39N5O8/c1-4-20(2)32(37-21(3)41)34(46)36-17-30(42)39-18-27(15-29(39)33(45)38-25(19-40)14-31(43)44)47-26-10-7-9-22(13-26)24-12-23-8-5-6-11-28(23)35-16-24/h5-13,16,19-20,25,27,29,32H,4,14-15,17-18H2,1-3H3,(H,36,46)(H,37,41)(H,38,45)(H,43,44)/t20-,25-,27-,29-,32-/m0/s1. The van der Waals surface area contributed by atoms with Crippen molar-refractivity contribution in [3.63, 3.8) is 0 Å². The molecule has 13 heteroatoms. The number of rotatable bonds is 14. The second-order valence-corrected chi connectivity index (χ2v) is 11.6. The van der Waals surface area contributed by atoms with Gasteiger partial charge in [-0.2, -0.15) is 0 Å². The van der Waals surface area contributed by atoms with E-state index in [2.05, 4.69) is 20.9 Å². The van der Waals surface area contributed by atoms with Gasteiger partial charge in [-0.3, -0.25) is 29.0 Å². The third kappa shape index (κ3) is 9.12. The average Bonchev–Trinajstić information content (AvgIpc) is 3.48. The number of hydrogen-bond acceptors (Lipinski definition) is 8. The number of nitrogens with zero attached hydrogens (tertiary/aromatic N) is 2. The number of aromatic nitrogens is 1. The lowest BCUT2D eigenvalue weighted by atomic mass is 9.98. The van der Waals surface area contributed by atoms with Crippen molar-refractivity contribution in [3.05, 3.63) is 60.8 Å². The maximum Gasteiger partial charge on any atom is 0.305 e. The number of carbonyl (C=O) groups excluding carboxylic acids is 5. The molecule has 4 rings (SSSR count). The third-order valence-corrected chi connectivity index (χ3v) is 8.10. The van der Waals surface area contributed by atoms with Crippen molar-refractivity contribution in [2.45, 2.75) is 64.3 Å². The molecule has 0 spiro atoms. The minimum absolute atomic E-state index is 0.0142. The molecule has 0 bridgehead atoms. The molecule has 5 atom stereocenters. The van der Waals surface area contributed by atoms with Crippen LogP contribution in [0.4, 0.5) is 0 Å². The molecule has 248 valence electrons. The van der Waals surface area contributed by atoms with Gasteiger partial charge in [-0.25, -0.2) is 0 Å². The molecular formula is C34H39N5O8. The number of benzene rings is 2. The first-order valence-electron chi connectivity index (χ1n) is 15.4. The highest BCUT2D eigenvalue weighted by molar-refractivity contribution is 5.94. The molecular weight excluding hydrogens is 606 g/mol. The average molecular weight is 646 g/mol. The van der Waals surface area contributed by atoms with Gasteiger partial charge >= 0.3 is 5.97 Å². The van der Waals surface area contributed by atoms with Crippen LogP contribution in [-0.2, 0) is 28.8 Å². The minimum Gasteiger partial charge on any atom is -0.488 e. The molecule has 1 saturated heterocycles. The fourth-order valence-corrected chi connectivity index (χ4v) is 5.47. The molecule has 13 nitrogen and oxygen atoms in total. The Labute approximate surface area is 272 Å². The SMILES string of the molecule is CC[C@H](C)[C@H](NC(C)=O)C(=O)NCC(=O)N1C[C@@H](Oc2cccc(-c3cnc4ccccc4c3)c2)C[C@H]1C(=O)N[C@H](C=O)CC(=O)O. The fraction of sp³-hybridized carbons (Fsp3) is 0.382. The number of fused-ring (bicyclic) bond motifs is 1. The van der Waals surface area contributed by atoms with Crippen molar-refractivity contribution in [2.24, 2.45) is 5.92 Å². The Morgan fingerprint density at radius 2 is 1.83 bits per heavy atom. The monoisotopic (exact) mass is 645 g/mol. The van der Waals surface area contributed by atoms with E-state index in [1.807, 2.05) is 55.5 Å². The number of likely N-dealkylation sites (tertiary alicyclic amines) is 1. The van der Waals surface area contributed by atoms with Gasteiger partial charge in [0.2, 0.25) is 23.6 Å². The maximum absolute atomic E-state index is 13.4. The molecule has 3 aromatic rings. The van der Waals surface area contributed by atoms with Crippen LogP contribution in [0.25, 0.3) is 22.0 Å². The lowest BCUT2D eigenvalue weighted by Gasteiger charge is -2.26. The van der Waals surface area contributed by atoms with Crippen molar-refractivity contribution >= 4 is 46.8 Å². The predicted octanol–water partition coefficient (Wildman–Crippen LogP) is 2.08. The number of amides is 4. The van der Waals surface area contributed by atoms with E-state index >= 15 is 0 Å². The number of nitrogens with one attached hydrogen (secondary N) is 3. The Kier molecular flexibility index (Phi) is 11.6.